The molecule has 0 aromatic heterocycles. The van der Waals surface area contributed by atoms with Crippen LogP contribution < -0.4 is 0 Å². The summed E-state index contributed by atoms with van der Waals surface area (Å²) in [6.07, 6.45) is 0.284. The maximum absolute atomic E-state index is 11.1. The van der Waals surface area contributed by atoms with E-state index in [1.54, 1.807) is 6.92 Å². The Morgan fingerprint density at radius 3 is 2.18 bits per heavy atom. The molecule has 1 fully saturated rings. The molecule has 0 saturated carbocycles. The highest BCUT2D eigenvalue weighted by Gasteiger charge is 2.40. The monoisotopic (exact) mass is 246 g/mol. The lowest BCUT2D eigenvalue weighted by atomic mass is 9.80. The number of carbonyl (C=O) groups is 1. The molecule has 0 aromatic carbocycles. The fourth-order valence-electron chi connectivity index (χ4n) is 1.89. The molecule has 0 radical (unpaired) electrons. The number of aliphatic hydroxyl groups is 3. The van der Waals surface area contributed by atoms with Crippen molar-refractivity contribution in [1.29, 1.82) is 0 Å². The van der Waals surface area contributed by atoms with Gasteiger partial charge in [0.15, 0.2) is 5.60 Å². The van der Waals surface area contributed by atoms with Crippen molar-refractivity contribution in [3.8, 4) is 0 Å². The molecule has 0 amide bonds. The number of hydrogen-bond donors (Lipinski definition) is 2. The molecule has 1 saturated heterocycles. The SMILES string of the molecule is CC(C)(C)[OH+]C(O)N1CCC(C)(C(=O)O)CC1. The summed E-state index contributed by atoms with van der Waals surface area (Å²) in [7, 11) is 0. The van der Waals surface area contributed by atoms with Crippen molar-refractivity contribution in [2.45, 2.75) is 52.6 Å². The summed E-state index contributed by atoms with van der Waals surface area (Å²) in [6, 6.07) is 0. The normalized spacial score (nSPS) is 23.4. The molecule has 0 aliphatic carbocycles. The molecule has 0 spiro atoms. The molecule has 1 aliphatic heterocycles. The van der Waals surface area contributed by atoms with Crippen LogP contribution in [0, 0.1) is 5.41 Å². The summed E-state index contributed by atoms with van der Waals surface area (Å²) in [6.45, 7) is 8.71. The first kappa shape index (κ1) is 14.4. The topological polar surface area (TPSA) is 73.6 Å². The van der Waals surface area contributed by atoms with E-state index in [4.69, 9.17) is 5.11 Å². The molecular formula is C12H24NO4+. The number of piperidine rings is 1. The van der Waals surface area contributed by atoms with E-state index in [0.29, 0.717) is 25.9 Å². The van der Waals surface area contributed by atoms with Crippen LogP contribution in [0.15, 0.2) is 0 Å². The van der Waals surface area contributed by atoms with Crippen LogP contribution in [-0.2, 0) is 4.79 Å². The van der Waals surface area contributed by atoms with Crippen molar-refractivity contribution >= 4 is 5.97 Å². The third-order valence-electron chi connectivity index (χ3n) is 3.25. The molecule has 0 aromatic rings. The van der Waals surface area contributed by atoms with Crippen molar-refractivity contribution in [2.75, 3.05) is 13.1 Å². The molecule has 1 aliphatic rings. The molecule has 5 heteroatoms. The quantitative estimate of drug-likeness (QED) is 0.570. The largest absolute Gasteiger partial charge is 0.481 e. The molecule has 100 valence electrons. The predicted octanol–water partition coefficient (Wildman–Crippen LogP) is 0.775. The second kappa shape index (κ2) is 4.92. The highest BCUT2D eigenvalue weighted by molar-refractivity contribution is 5.74. The summed E-state index contributed by atoms with van der Waals surface area (Å²) in [5.41, 5.74) is -0.940. The molecule has 5 nitrogen and oxygen atoms in total. The third kappa shape index (κ3) is 3.94. The zero-order valence-electron chi connectivity index (χ0n) is 11.1. The lowest BCUT2D eigenvalue weighted by Gasteiger charge is -2.37. The Kier molecular flexibility index (Phi) is 4.17. The second-order valence-corrected chi connectivity index (χ2v) is 6.05. The van der Waals surface area contributed by atoms with E-state index in [2.05, 4.69) is 4.74 Å². The molecular weight excluding hydrogens is 222 g/mol. The van der Waals surface area contributed by atoms with Crippen molar-refractivity contribution in [3.05, 3.63) is 0 Å². The van der Waals surface area contributed by atoms with Gasteiger partial charge in [0.25, 0.3) is 0 Å². The zero-order chi connectivity index (χ0) is 13.3. The summed E-state index contributed by atoms with van der Waals surface area (Å²) in [4.78, 5) is 12.9. The summed E-state index contributed by atoms with van der Waals surface area (Å²) < 4.78 is 4.26. The first-order valence-corrected chi connectivity index (χ1v) is 6.02. The van der Waals surface area contributed by atoms with Gasteiger partial charge in [0, 0.05) is 33.9 Å². The van der Waals surface area contributed by atoms with E-state index in [0.717, 1.165) is 0 Å². The van der Waals surface area contributed by atoms with Gasteiger partial charge >= 0.3 is 12.4 Å². The summed E-state index contributed by atoms with van der Waals surface area (Å²) >= 11 is 0. The van der Waals surface area contributed by atoms with Crippen molar-refractivity contribution in [3.63, 3.8) is 0 Å². The smallest absolute Gasteiger partial charge is 0.329 e. The Bertz CT molecular complexity index is 277. The predicted molar refractivity (Wildman–Crippen MR) is 64.5 cm³/mol. The van der Waals surface area contributed by atoms with Gasteiger partial charge in [0.2, 0.25) is 0 Å². The highest BCUT2D eigenvalue weighted by atomic mass is 16.6. The van der Waals surface area contributed by atoms with Crippen molar-refractivity contribution in [2.24, 2.45) is 5.41 Å². The Hall–Kier alpha value is -0.650. The number of carboxylic acid groups (broad SMARTS) is 1. The summed E-state index contributed by atoms with van der Waals surface area (Å²) in [5, 5.41) is 19.0. The van der Waals surface area contributed by atoms with Gasteiger partial charge in [-0.15, -0.1) is 0 Å². The Morgan fingerprint density at radius 2 is 1.82 bits per heavy atom. The van der Waals surface area contributed by atoms with Crippen LogP contribution in [0.5, 0.6) is 0 Å². The lowest BCUT2D eigenvalue weighted by Crippen LogP contribution is -2.51. The number of nitrogens with zero attached hydrogens (tertiary/aromatic N) is 1. The van der Waals surface area contributed by atoms with Crippen LogP contribution in [0.2, 0.25) is 0 Å². The molecule has 3 N–H and O–H groups in total. The van der Waals surface area contributed by atoms with Crippen LogP contribution in [-0.4, -0.2) is 50.9 Å². The number of aliphatic hydroxyl groups excluding tert-OH is 1. The van der Waals surface area contributed by atoms with Gasteiger partial charge in [-0.2, -0.15) is 0 Å². The molecule has 1 atom stereocenters. The minimum atomic E-state index is -0.826. The molecule has 0 bridgehead atoms. The number of ether oxygens (including phenoxy) is 1. The maximum Gasteiger partial charge on any atom is 0.329 e. The second-order valence-electron chi connectivity index (χ2n) is 6.05. The molecule has 1 rings (SSSR count). The van der Waals surface area contributed by atoms with E-state index in [-0.39, 0.29) is 5.60 Å². The van der Waals surface area contributed by atoms with Gasteiger partial charge < -0.3 is 14.9 Å². The molecule has 1 unspecified atom stereocenters. The Balaban J connectivity index is 2.49. The zero-order valence-corrected chi connectivity index (χ0v) is 11.1. The number of carboxylic acids is 1. The number of likely N-dealkylation sites (tertiary alicyclic amines) is 1. The Labute approximate surface area is 102 Å². The average Bonchev–Trinajstić information content (AvgIpc) is 2.15. The van der Waals surface area contributed by atoms with Gasteiger partial charge in [-0.25, -0.2) is 4.90 Å². The minimum absolute atomic E-state index is 0.285. The fraction of sp³-hybridized carbons (Fsp3) is 0.917. The first-order valence-electron chi connectivity index (χ1n) is 6.02. The van der Waals surface area contributed by atoms with Crippen LogP contribution in [0.1, 0.15) is 40.5 Å². The van der Waals surface area contributed by atoms with Crippen molar-refractivity contribution < 1.29 is 19.7 Å². The number of aliphatic carboxylic acids is 1. The molecule has 1 heterocycles. The first-order chi connectivity index (χ1) is 7.64. The van der Waals surface area contributed by atoms with Crippen LogP contribution in [0.4, 0.5) is 0 Å². The lowest BCUT2D eigenvalue weighted by molar-refractivity contribution is -0.339. The number of hydrogen-bond acceptors (Lipinski definition) is 3. The van der Waals surface area contributed by atoms with E-state index >= 15 is 0 Å². The maximum atomic E-state index is 11.1. The average molecular weight is 246 g/mol. The van der Waals surface area contributed by atoms with Gasteiger partial charge in [0.1, 0.15) is 0 Å². The minimum Gasteiger partial charge on any atom is -0.481 e. The van der Waals surface area contributed by atoms with Gasteiger partial charge in [-0.05, 0) is 19.8 Å². The Morgan fingerprint density at radius 1 is 1.35 bits per heavy atom. The van der Waals surface area contributed by atoms with E-state index < -0.39 is 17.8 Å². The van der Waals surface area contributed by atoms with Gasteiger partial charge in [-0.3, -0.25) is 4.79 Å². The van der Waals surface area contributed by atoms with Crippen LogP contribution >= 0.6 is 0 Å². The third-order valence-corrected chi connectivity index (χ3v) is 3.25. The highest BCUT2D eigenvalue weighted by Crippen LogP contribution is 2.31. The van der Waals surface area contributed by atoms with E-state index in [1.165, 1.54) is 0 Å². The molecule has 17 heavy (non-hydrogen) atoms. The fourth-order valence-corrected chi connectivity index (χ4v) is 1.89. The van der Waals surface area contributed by atoms with Gasteiger partial charge in [0.05, 0.1) is 5.41 Å². The van der Waals surface area contributed by atoms with Gasteiger partial charge in [-0.1, -0.05) is 0 Å². The standard InChI is InChI=1S/C12H23NO4/c1-11(2,3)17-10(16)13-7-5-12(4,6-8-13)9(14)15/h10,16H,5-8H2,1-4H3,(H,14,15)/p+1. The summed E-state index contributed by atoms with van der Waals surface area (Å²) in [5.74, 6) is -0.751. The van der Waals surface area contributed by atoms with E-state index in [9.17, 15) is 9.90 Å². The van der Waals surface area contributed by atoms with Crippen LogP contribution in [0.25, 0.3) is 0 Å². The number of rotatable bonds is 3. The van der Waals surface area contributed by atoms with Crippen molar-refractivity contribution in [1.82, 2.24) is 4.90 Å². The van der Waals surface area contributed by atoms with Crippen LogP contribution in [0.3, 0.4) is 0 Å². The van der Waals surface area contributed by atoms with E-state index in [1.807, 2.05) is 25.7 Å².